The van der Waals surface area contributed by atoms with Gasteiger partial charge in [0, 0.05) is 0 Å². The van der Waals surface area contributed by atoms with Gasteiger partial charge in [0.05, 0.1) is 0 Å². The van der Waals surface area contributed by atoms with Gasteiger partial charge in [-0.3, -0.25) is 0 Å². The SMILES string of the molecule is C=CO[Si](=O)[O-].[Rb+]. The van der Waals surface area contributed by atoms with Crippen LogP contribution in [0.4, 0.5) is 0 Å². The molecule has 34 valence electrons. The standard InChI is InChI=1S/C2H3O3Si.Rb/c1-2-5-6(3)4;/h2H,1H2;/q-1;+1. The van der Waals surface area contributed by atoms with Gasteiger partial charge in [0.1, 0.15) is 0 Å². The minimum absolute atomic E-state index is 0. The van der Waals surface area contributed by atoms with Crippen molar-refractivity contribution in [3.63, 3.8) is 0 Å². The van der Waals surface area contributed by atoms with Crippen LogP contribution in [0, 0.1) is 0 Å². The first kappa shape index (κ1) is 11.0. The topological polar surface area (TPSA) is 49.4 Å². The molecule has 0 saturated heterocycles. The van der Waals surface area contributed by atoms with Crippen LogP contribution in [-0.4, -0.2) is 9.17 Å². The van der Waals surface area contributed by atoms with E-state index in [9.17, 15) is 9.26 Å². The molecule has 0 saturated carbocycles. The van der Waals surface area contributed by atoms with E-state index in [1.807, 2.05) is 0 Å². The Kier molecular flexibility index (Phi) is 11.3. The molecule has 0 aromatic carbocycles. The minimum atomic E-state index is -3.00. The van der Waals surface area contributed by atoms with Crippen molar-refractivity contribution in [3.8, 4) is 0 Å². The smallest absolute Gasteiger partial charge is 0.562 e. The molecular weight excluding hydrogens is 186 g/mol. The Morgan fingerprint density at radius 3 is 2.29 bits per heavy atom. The summed E-state index contributed by atoms with van der Waals surface area (Å²) in [7, 11) is -3.00. The molecule has 0 amide bonds. The van der Waals surface area contributed by atoms with E-state index in [0.29, 0.717) is 0 Å². The molecule has 0 radical (unpaired) electrons. The first-order valence-corrected chi connectivity index (χ1v) is 2.48. The van der Waals surface area contributed by atoms with E-state index in [4.69, 9.17) is 0 Å². The predicted molar refractivity (Wildman–Crippen MR) is 17.7 cm³/mol. The van der Waals surface area contributed by atoms with Crippen LogP contribution in [0.15, 0.2) is 12.8 Å². The Morgan fingerprint density at radius 1 is 1.86 bits per heavy atom. The van der Waals surface area contributed by atoms with Crippen LogP contribution < -0.4 is 63.0 Å². The Labute approximate surface area is 92.1 Å². The Balaban J connectivity index is 0. The van der Waals surface area contributed by atoms with Crippen LogP contribution in [0.3, 0.4) is 0 Å². The molecule has 0 aromatic heterocycles. The summed E-state index contributed by atoms with van der Waals surface area (Å²) in [5.41, 5.74) is 0. The minimum Gasteiger partial charge on any atom is -0.562 e. The molecule has 0 N–H and O–H groups in total. The molecule has 0 unspecified atom stereocenters. The zero-order valence-electron chi connectivity index (χ0n) is 4.01. The van der Waals surface area contributed by atoms with Crippen LogP contribution in [0.2, 0.25) is 0 Å². The second-order valence-corrected chi connectivity index (χ2v) is 1.27. The first-order valence-electron chi connectivity index (χ1n) is 1.26. The first-order chi connectivity index (χ1) is 2.77. The summed E-state index contributed by atoms with van der Waals surface area (Å²) in [5, 5.41) is 0. The van der Waals surface area contributed by atoms with Gasteiger partial charge in [-0.05, 0) is 6.26 Å². The van der Waals surface area contributed by atoms with Gasteiger partial charge in [0.15, 0.2) is 0 Å². The maximum atomic E-state index is 9.38. The molecule has 0 aromatic rings. The van der Waals surface area contributed by atoms with E-state index in [-0.39, 0.29) is 58.2 Å². The molecule has 0 fully saturated rings. The zero-order valence-corrected chi connectivity index (χ0v) is 9.93. The molecule has 0 aliphatic rings. The van der Waals surface area contributed by atoms with Gasteiger partial charge in [0.25, 0.3) is 0 Å². The number of rotatable bonds is 2. The quantitative estimate of drug-likeness (QED) is 0.327. The zero-order chi connectivity index (χ0) is 4.99. The van der Waals surface area contributed by atoms with Crippen LogP contribution in [0.5, 0.6) is 0 Å². The molecule has 0 rings (SSSR count). The second kappa shape index (κ2) is 7.16. The average molecular weight is 189 g/mol. The summed E-state index contributed by atoms with van der Waals surface area (Å²) in [6, 6.07) is 0. The van der Waals surface area contributed by atoms with Gasteiger partial charge in [-0.15, -0.1) is 0 Å². The summed E-state index contributed by atoms with van der Waals surface area (Å²) >= 11 is 0. The van der Waals surface area contributed by atoms with Gasteiger partial charge in [-0.25, -0.2) is 0 Å². The van der Waals surface area contributed by atoms with Crippen LogP contribution in [0.25, 0.3) is 0 Å². The molecule has 0 atom stereocenters. The Morgan fingerprint density at radius 2 is 2.29 bits per heavy atom. The van der Waals surface area contributed by atoms with Gasteiger partial charge in [-0.2, -0.15) is 0 Å². The molecule has 0 spiro atoms. The van der Waals surface area contributed by atoms with Crippen LogP contribution >= 0.6 is 0 Å². The number of hydrogen-bond donors (Lipinski definition) is 0. The molecule has 0 aliphatic heterocycles. The third-order valence-corrected chi connectivity index (χ3v) is 0.539. The van der Waals surface area contributed by atoms with Crippen molar-refractivity contribution >= 4 is 9.17 Å². The molecule has 3 nitrogen and oxygen atoms in total. The average Bonchev–Trinajstić information content (AvgIpc) is 1.35. The summed E-state index contributed by atoms with van der Waals surface area (Å²) in [5.74, 6) is 0. The van der Waals surface area contributed by atoms with Gasteiger partial charge in [0.2, 0.25) is 0 Å². The molecule has 0 aliphatic carbocycles. The predicted octanol–water partition coefficient (Wildman–Crippen LogP) is -4.07. The monoisotopic (exact) mass is 188 g/mol. The van der Waals surface area contributed by atoms with Gasteiger partial charge < -0.3 is 13.7 Å². The van der Waals surface area contributed by atoms with Gasteiger partial charge >= 0.3 is 67.4 Å². The van der Waals surface area contributed by atoms with Crippen molar-refractivity contribution in [1.82, 2.24) is 0 Å². The van der Waals surface area contributed by atoms with Crippen LogP contribution in [0.1, 0.15) is 0 Å². The molecular formula is C2H3O3RbSi. The fraction of sp³-hybridized carbons (Fsp3) is 0. The third kappa shape index (κ3) is 11.0. The fourth-order valence-corrected chi connectivity index (χ4v) is 0.204. The van der Waals surface area contributed by atoms with Crippen molar-refractivity contribution in [2.24, 2.45) is 0 Å². The maximum absolute atomic E-state index is 9.38. The van der Waals surface area contributed by atoms with E-state index in [2.05, 4.69) is 11.0 Å². The summed E-state index contributed by atoms with van der Waals surface area (Å²) in [6.07, 6.45) is 0.869. The molecule has 5 heteroatoms. The van der Waals surface area contributed by atoms with E-state index >= 15 is 0 Å². The second-order valence-electron chi connectivity index (χ2n) is 0.535. The van der Waals surface area contributed by atoms with E-state index < -0.39 is 9.17 Å². The molecule has 0 bridgehead atoms. The van der Waals surface area contributed by atoms with Gasteiger partial charge in [-0.1, -0.05) is 6.58 Å². The summed E-state index contributed by atoms with van der Waals surface area (Å²) < 4.78 is 13.2. The molecule has 0 heterocycles. The van der Waals surface area contributed by atoms with E-state index in [1.54, 1.807) is 0 Å². The van der Waals surface area contributed by atoms with Crippen molar-refractivity contribution < 1.29 is 71.9 Å². The third-order valence-electron chi connectivity index (χ3n) is 0.180. The fourth-order valence-electron chi connectivity index (χ4n) is 0.0680. The largest absolute Gasteiger partial charge is 1.00 e. The van der Waals surface area contributed by atoms with Crippen molar-refractivity contribution in [1.29, 1.82) is 0 Å². The van der Waals surface area contributed by atoms with Crippen molar-refractivity contribution in [2.75, 3.05) is 0 Å². The summed E-state index contributed by atoms with van der Waals surface area (Å²) in [6.45, 7) is 3.00. The maximum Gasteiger partial charge on any atom is 1.00 e. The van der Waals surface area contributed by atoms with Crippen molar-refractivity contribution in [3.05, 3.63) is 12.8 Å². The van der Waals surface area contributed by atoms with Crippen molar-refractivity contribution in [2.45, 2.75) is 0 Å². The Hall–Kier alpha value is 1.16. The number of hydrogen-bond acceptors (Lipinski definition) is 3. The normalized spacial score (nSPS) is 5.71. The van der Waals surface area contributed by atoms with E-state index in [0.717, 1.165) is 6.26 Å². The Bertz CT molecular complexity index is 73.3. The summed E-state index contributed by atoms with van der Waals surface area (Å²) in [4.78, 5) is 9.38. The van der Waals surface area contributed by atoms with Crippen LogP contribution in [-0.2, 0) is 8.89 Å². The molecule has 7 heavy (non-hydrogen) atoms. The van der Waals surface area contributed by atoms with E-state index in [1.165, 1.54) is 0 Å².